The Balaban J connectivity index is 2.13. The molecule has 3 nitrogen and oxygen atoms in total. The van der Waals surface area contributed by atoms with Gasteiger partial charge in [-0.15, -0.1) is 0 Å². The molecule has 0 radical (unpaired) electrons. The van der Waals surface area contributed by atoms with Crippen molar-refractivity contribution in [1.29, 1.82) is 0 Å². The van der Waals surface area contributed by atoms with Crippen molar-refractivity contribution >= 4 is 11.6 Å². The molecule has 2 N–H and O–H groups in total. The van der Waals surface area contributed by atoms with Crippen LogP contribution in [0.4, 0.5) is 0 Å². The quantitative estimate of drug-likeness (QED) is 0.928. The summed E-state index contributed by atoms with van der Waals surface area (Å²) in [5, 5.41) is 0.774. The average Bonchev–Trinajstić information content (AvgIpc) is 2.40. The van der Waals surface area contributed by atoms with Crippen LogP contribution in [0.2, 0.25) is 5.02 Å². The fourth-order valence-electron chi connectivity index (χ4n) is 2.83. The Morgan fingerprint density at radius 3 is 2.55 bits per heavy atom. The van der Waals surface area contributed by atoms with E-state index in [0.717, 1.165) is 31.1 Å². The van der Waals surface area contributed by atoms with Crippen LogP contribution in [-0.4, -0.2) is 42.3 Å². The lowest BCUT2D eigenvalue weighted by Crippen LogP contribution is -2.61. The third-order valence-electron chi connectivity index (χ3n) is 4.13. The average molecular weight is 297 g/mol. The first-order valence-corrected chi connectivity index (χ1v) is 7.56. The first-order chi connectivity index (χ1) is 9.35. The van der Waals surface area contributed by atoms with Crippen LogP contribution in [0.15, 0.2) is 24.3 Å². The molecular weight excluding hydrogens is 272 g/mol. The molecule has 112 valence electrons. The Morgan fingerprint density at radius 1 is 1.35 bits per heavy atom. The number of nitrogens with two attached hydrogens (primary N) is 1. The second-order valence-electron chi connectivity index (χ2n) is 6.53. The Kier molecular flexibility index (Phi) is 4.75. The van der Waals surface area contributed by atoms with Gasteiger partial charge in [-0.1, -0.05) is 23.7 Å². The van der Waals surface area contributed by atoms with E-state index >= 15 is 0 Å². The molecule has 1 aromatic carbocycles. The van der Waals surface area contributed by atoms with Crippen LogP contribution >= 0.6 is 11.6 Å². The lowest BCUT2D eigenvalue weighted by molar-refractivity contribution is -0.112. The van der Waals surface area contributed by atoms with Gasteiger partial charge in [-0.25, -0.2) is 0 Å². The maximum atomic E-state index is 6.10. The molecule has 1 aliphatic heterocycles. The van der Waals surface area contributed by atoms with Gasteiger partial charge in [0, 0.05) is 30.2 Å². The SMILES string of the molecule is CC1(C)CN(C(C)(CN)Cc2ccc(Cl)cc2)CCO1. The third kappa shape index (κ3) is 3.73. The van der Waals surface area contributed by atoms with Gasteiger partial charge >= 0.3 is 0 Å². The maximum Gasteiger partial charge on any atom is 0.0753 e. The summed E-state index contributed by atoms with van der Waals surface area (Å²) in [6.45, 7) is 9.76. The molecule has 1 fully saturated rings. The number of halogens is 1. The van der Waals surface area contributed by atoms with E-state index in [1.165, 1.54) is 5.56 Å². The highest BCUT2D eigenvalue weighted by atomic mass is 35.5. The fourth-order valence-corrected chi connectivity index (χ4v) is 2.96. The number of nitrogens with zero attached hydrogens (tertiary/aromatic N) is 1. The summed E-state index contributed by atoms with van der Waals surface area (Å²) < 4.78 is 5.80. The van der Waals surface area contributed by atoms with Gasteiger partial charge < -0.3 is 10.5 Å². The summed E-state index contributed by atoms with van der Waals surface area (Å²) in [5.74, 6) is 0. The van der Waals surface area contributed by atoms with Gasteiger partial charge in [0.1, 0.15) is 0 Å². The van der Waals surface area contributed by atoms with Crippen LogP contribution in [-0.2, 0) is 11.2 Å². The zero-order valence-electron chi connectivity index (χ0n) is 12.7. The van der Waals surface area contributed by atoms with Crippen LogP contribution in [0.1, 0.15) is 26.3 Å². The van der Waals surface area contributed by atoms with E-state index < -0.39 is 0 Å². The van der Waals surface area contributed by atoms with Crippen molar-refractivity contribution in [2.45, 2.75) is 38.3 Å². The molecule has 0 spiro atoms. The Labute approximate surface area is 127 Å². The highest BCUT2D eigenvalue weighted by molar-refractivity contribution is 6.30. The molecule has 1 atom stereocenters. The molecule has 1 unspecified atom stereocenters. The van der Waals surface area contributed by atoms with Crippen LogP contribution in [0, 0.1) is 0 Å². The fraction of sp³-hybridized carbons (Fsp3) is 0.625. The molecule has 0 bridgehead atoms. The smallest absolute Gasteiger partial charge is 0.0753 e. The largest absolute Gasteiger partial charge is 0.373 e. The summed E-state index contributed by atoms with van der Waals surface area (Å²) in [6.07, 6.45) is 0.927. The monoisotopic (exact) mass is 296 g/mol. The minimum absolute atomic E-state index is 0.0467. The first-order valence-electron chi connectivity index (χ1n) is 7.18. The minimum atomic E-state index is -0.103. The van der Waals surface area contributed by atoms with Gasteiger partial charge in [0.2, 0.25) is 0 Å². The molecule has 0 amide bonds. The number of ether oxygens (including phenoxy) is 1. The van der Waals surface area contributed by atoms with Crippen LogP contribution < -0.4 is 5.73 Å². The van der Waals surface area contributed by atoms with Crippen molar-refractivity contribution in [1.82, 2.24) is 4.90 Å². The van der Waals surface area contributed by atoms with E-state index in [1.54, 1.807) is 0 Å². The van der Waals surface area contributed by atoms with Crippen molar-refractivity contribution < 1.29 is 4.74 Å². The Bertz CT molecular complexity index is 446. The van der Waals surface area contributed by atoms with Crippen molar-refractivity contribution in [3.63, 3.8) is 0 Å². The van der Waals surface area contributed by atoms with Gasteiger partial charge in [0.25, 0.3) is 0 Å². The van der Waals surface area contributed by atoms with Gasteiger partial charge in [-0.3, -0.25) is 4.90 Å². The first kappa shape index (κ1) is 15.8. The topological polar surface area (TPSA) is 38.5 Å². The summed E-state index contributed by atoms with van der Waals surface area (Å²) in [5.41, 5.74) is 7.22. The molecule has 1 aliphatic rings. The van der Waals surface area contributed by atoms with Crippen molar-refractivity contribution in [3.8, 4) is 0 Å². The second-order valence-corrected chi connectivity index (χ2v) is 6.97. The zero-order valence-corrected chi connectivity index (χ0v) is 13.4. The predicted molar refractivity (Wildman–Crippen MR) is 84.2 cm³/mol. The normalized spacial score (nSPS) is 22.4. The Hall–Kier alpha value is -0.610. The van der Waals surface area contributed by atoms with Gasteiger partial charge in [0.15, 0.2) is 0 Å². The van der Waals surface area contributed by atoms with Gasteiger partial charge in [-0.05, 0) is 44.9 Å². The van der Waals surface area contributed by atoms with E-state index in [4.69, 9.17) is 22.1 Å². The number of morpholine rings is 1. The highest BCUT2D eigenvalue weighted by Crippen LogP contribution is 2.27. The standard InChI is InChI=1S/C16H25ClN2O/c1-15(2)12-19(8-9-20-15)16(3,11-18)10-13-4-6-14(17)7-5-13/h4-7H,8-12,18H2,1-3H3. The highest BCUT2D eigenvalue weighted by Gasteiger charge is 2.37. The summed E-state index contributed by atoms with van der Waals surface area (Å²) >= 11 is 5.95. The zero-order chi connectivity index (χ0) is 14.8. The Morgan fingerprint density at radius 2 is 2.00 bits per heavy atom. The summed E-state index contributed by atoms with van der Waals surface area (Å²) in [6, 6.07) is 8.05. The van der Waals surface area contributed by atoms with E-state index in [9.17, 15) is 0 Å². The molecule has 0 aromatic heterocycles. The molecular formula is C16H25ClN2O. The number of hydrogen-bond donors (Lipinski definition) is 1. The van der Waals surface area contributed by atoms with Crippen LogP contribution in [0.5, 0.6) is 0 Å². The molecule has 1 saturated heterocycles. The van der Waals surface area contributed by atoms with E-state index in [-0.39, 0.29) is 11.1 Å². The van der Waals surface area contributed by atoms with Crippen molar-refractivity contribution in [2.24, 2.45) is 5.73 Å². The lowest BCUT2D eigenvalue weighted by Gasteiger charge is -2.48. The lowest BCUT2D eigenvalue weighted by atomic mass is 9.89. The molecule has 0 saturated carbocycles. The summed E-state index contributed by atoms with van der Waals surface area (Å²) in [7, 11) is 0. The molecule has 2 rings (SSSR count). The molecule has 0 aliphatic carbocycles. The second kappa shape index (κ2) is 6.02. The van der Waals surface area contributed by atoms with Crippen molar-refractivity contribution in [2.75, 3.05) is 26.2 Å². The van der Waals surface area contributed by atoms with E-state index in [0.29, 0.717) is 6.54 Å². The van der Waals surface area contributed by atoms with Gasteiger partial charge in [-0.2, -0.15) is 0 Å². The van der Waals surface area contributed by atoms with Crippen LogP contribution in [0.25, 0.3) is 0 Å². The minimum Gasteiger partial charge on any atom is -0.373 e. The molecule has 1 aromatic rings. The molecule has 1 heterocycles. The van der Waals surface area contributed by atoms with E-state index in [1.807, 2.05) is 12.1 Å². The number of benzene rings is 1. The molecule has 20 heavy (non-hydrogen) atoms. The predicted octanol–water partition coefficient (Wildman–Crippen LogP) is 2.71. The molecule has 4 heteroatoms. The van der Waals surface area contributed by atoms with E-state index in [2.05, 4.69) is 37.8 Å². The number of rotatable bonds is 4. The number of hydrogen-bond acceptors (Lipinski definition) is 3. The maximum absolute atomic E-state index is 6.10. The summed E-state index contributed by atoms with van der Waals surface area (Å²) in [4.78, 5) is 2.46. The van der Waals surface area contributed by atoms with Crippen molar-refractivity contribution in [3.05, 3.63) is 34.9 Å². The van der Waals surface area contributed by atoms with Gasteiger partial charge in [0.05, 0.1) is 12.2 Å². The van der Waals surface area contributed by atoms with Crippen LogP contribution in [0.3, 0.4) is 0 Å². The third-order valence-corrected chi connectivity index (χ3v) is 4.38.